The third-order valence-electron chi connectivity index (χ3n) is 2.40. The number of rotatable bonds is 4. The Hall–Kier alpha value is -1.10. The molecule has 15 heavy (non-hydrogen) atoms. The lowest BCUT2D eigenvalue weighted by Crippen LogP contribution is -2.25. The van der Waals surface area contributed by atoms with Crippen LogP contribution in [0.1, 0.15) is 32.4 Å². The maximum atomic E-state index is 10.8. The molecule has 0 radical (unpaired) electrons. The quantitative estimate of drug-likeness (QED) is 0.858. The molecule has 0 aliphatic carbocycles. The minimum atomic E-state index is -0.834. The number of carbonyl (C=O) groups is 1. The Labute approximate surface area is 93.6 Å². The summed E-state index contributed by atoms with van der Waals surface area (Å²) in [4.78, 5) is 17.1. The van der Waals surface area contributed by atoms with Gasteiger partial charge in [0.05, 0.1) is 11.6 Å². The smallest absolute Gasteiger partial charge is 0.312 e. The van der Waals surface area contributed by atoms with Crippen LogP contribution in [0.2, 0.25) is 0 Å². The van der Waals surface area contributed by atoms with Gasteiger partial charge in [0, 0.05) is 18.5 Å². The van der Waals surface area contributed by atoms with Crippen LogP contribution in [0.4, 0.5) is 5.13 Å². The van der Waals surface area contributed by atoms with E-state index in [0.717, 1.165) is 5.13 Å². The van der Waals surface area contributed by atoms with Gasteiger partial charge in [-0.25, -0.2) is 4.98 Å². The lowest BCUT2D eigenvalue weighted by molar-refractivity contribution is -0.138. The zero-order chi connectivity index (χ0) is 11.6. The molecular weight excluding hydrogens is 212 g/mol. The number of carboxylic acids is 1. The van der Waals surface area contributed by atoms with E-state index in [-0.39, 0.29) is 0 Å². The molecule has 0 aliphatic rings. The molecular formula is C10H16N2O2S. The van der Waals surface area contributed by atoms with Crippen LogP contribution in [0, 0.1) is 0 Å². The summed E-state index contributed by atoms with van der Waals surface area (Å²) >= 11 is 1.48. The number of hydrogen-bond acceptors (Lipinski definition) is 4. The van der Waals surface area contributed by atoms with Gasteiger partial charge in [-0.15, -0.1) is 11.3 Å². The molecule has 1 N–H and O–H groups in total. The first-order valence-electron chi connectivity index (χ1n) is 4.84. The van der Waals surface area contributed by atoms with E-state index < -0.39 is 11.9 Å². The van der Waals surface area contributed by atoms with E-state index in [1.165, 1.54) is 11.3 Å². The molecule has 0 saturated heterocycles. The van der Waals surface area contributed by atoms with Gasteiger partial charge in [0.25, 0.3) is 0 Å². The topological polar surface area (TPSA) is 53.4 Å². The number of nitrogens with zero attached hydrogens (tertiary/aromatic N) is 2. The van der Waals surface area contributed by atoms with E-state index in [0.29, 0.717) is 11.7 Å². The summed E-state index contributed by atoms with van der Waals surface area (Å²) in [5, 5.41) is 11.5. The van der Waals surface area contributed by atoms with Crippen molar-refractivity contribution in [3.05, 3.63) is 11.1 Å². The van der Waals surface area contributed by atoms with Crippen LogP contribution in [0.5, 0.6) is 0 Å². The number of carboxylic acid groups (broad SMARTS) is 1. The molecule has 0 aliphatic heterocycles. The Kier molecular flexibility index (Phi) is 3.68. The predicted molar refractivity (Wildman–Crippen MR) is 61.7 cm³/mol. The standard InChI is InChI=1S/C10H16N2O2S/c1-6(2)12(4)10-11-8(5-15-10)7(3)9(13)14/h5-7H,1-4H3,(H,13,14). The Bertz CT molecular complexity index is 349. The summed E-state index contributed by atoms with van der Waals surface area (Å²) in [5.74, 6) is -1.37. The van der Waals surface area contributed by atoms with Crippen molar-refractivity contribution in [2.24, 2.45) is 0 Å². The molecule has 0 amide bonds. The molecule has 0 spiro atoms. The van der Waals surface area contributed by atoms with E-state index >= 15 is 0 Å². The normalized spacial score (nSPS) is 12.9. The number of anilines is 1. The van der Waals surface area contributed by atoms with Gasteiger partial charge in [-0.3, -0.25) is 4.79 Å². The molecule has 1 unspecified atom stereocenters. The highest BCUT2D eigenvalue weighted by atomic mass is 32.1. The van der Waals surface area contributed by atoms with Crippen molar-refractivity contribution in [3.8, 4) is 0 Å². The van der Waals surface area contributed by atoms with Crippen LogP contribution >= 0.6 is 11.3 Å². The predicted octanol–water partition coefficient (Wildman–Crippen LogP) is 2.18. The third kappa shape index (κ3) is 2.68. The molecule has 1 heterocycles. The molecule has 4 nitrogen and oxygen atoms in total. The van der Waals surface area contributed by atoms with Gasteiger partial charge in [0.15, 0.2) is 5.13 Å². The van der Waals surface area contributed by atoms with Crippen LogP contribution in [-0.2, 0) is 4.79 Å². The fourth-order valence-corrected chi connectivity index (χ4v) is 2.00. The van der Waals surface area contributed by atoms with Crippen molar-refractivity contribution in [1.29, 1.82) is 0 Å². The van der Waals surface area contributed by atoms with Crippen molar-refractivity contribution >= 4 is 22.4 Å². The van der Waals surface area contributed by atoms with E-state index in [1.807, 2.05) is 17.3 Å². The maximum Gasteiger partial charge on any atom is 0.312 e. The third-order valence-corrected chi connectivity index (χ3v) is 3.35. The average Bonchev–Trinajstić information content (AvgIpc) is 2.63. The van der Waals surface area contributed by atoms with Gasteiger partial charge in [-0.05, 0) is 20.8 Å². The van der Waals surface area contributed by atoms with E-state index in [1.54, 1.807) is 6.92 Å². The fraction of sp³-hybridized carbons (Fsp3) is 0.600. The van der Waals surface area contributed by atoms with Gasteiger partial charge in [-0.2, -0.15) is 0 Å². The van der Waals surface area contributed by atoms with Crippen LogP contribution in [0.15, 0.2) is 5.38 Å². The zero-order valence-corrected chi connectivity index (χ0v) is 10.2. The lowest BCUT2D eigenvalue weighted by Gasteiger charge is -2.19. The summed E-state index contributed by atoms with van der Waals surface area (Å²) in [6, 6.07) is 0.365. The van der Waals surface area contributed by atoms with Crippen molar-refractivity contribution in [1.82, 2.24) is 4.98 Å². The second-order valence-electron chi connectivity index (χ2n) is 3.82. The monoisotopic (exact) mass is 228 g/mol. The second kappa shape index (κ2) is 4.61. The molecule has 5 heteroatoms. The molecule has 1 atom stereocenters. The SMILES string of the molecule is CC(C(=O)O)c1csc(N(C)C(C)C)n1. The molecule has 1 rings (SSSR count). The van der Waals surface area contributed by atoms with Crippen LogP contribution in [0.25, 0.3) is 0 Å². The minimum Gasteiger partial charge on any atom is -0.481 e. The van der Waals surface area contributed by atoms with E-state index in [4.69, 9.17) is 5.11 Å². The van der Waals surface area contributed by atoms with Gasteiger partial charge >= 0.3 is 5.97 Å². The zero-order valence-electron chi connectivity index (χ0n) is 9.39. The highest BCUT2D eigenvalue weighted by molar-refractivity contribution is 7.13. The minimum absolute atomic E-state index is 0.365. The molecule has 1 aromatic heterocycles. The first-order chi connectivity index (χ1) is 6.93. The number of thiazole rings is 1. The van der Waals surface area contributed by atoms with Crippen molar-refractivity contribution in [2.75, 3.05) is 11.9 Å². The number of hydrogen-bond donors (Lipinski definition) is 1. The van der Waals surface area contributed by atoms with Crippen molar-refractivity contribution in [3.63, 3.8) is 0 Å². The highest BCUT2D eigenvalue weighted by Gasteiger charge is 2.18. The summed E-state index contributed by atoms with van der Waals surface area (Å²) in [6.45, 7) is 5.79. The van der Waals surface area contributed by atoms with Gasteiger partial charge in [-0.1, -0.05) is 0 Å². The molecule has 84 valence electrons. The van der Waals surface area contributed by atoms with Gasteiger partial charge < -0.3 is 10.0 Å². The Morgan fingerprint density at radius 1 is 1.53 bits per heavy atom. The van der Waals surface area contributed by atoms with E-state index in [2.05, 4.69) is 18.8 Å². The Morgan fingerprint density at radius 3 is 2.60 bits per heavy atom. The summed E-state index contributed by atoms with van der Waals surface area (Å²) in [7, 11) is 1.96. The lowest BCUT2D eigenvalue weighted by atomic mass is 10.1. The molecule has 0 bridgehead atoms. The Morgan fingerprint density at radius 2 is 2.13 bits per heavy atom. The summed E-state index contributed by atoms with van der Waals surface area (Å²) in [6.07, 6.45) is 0. The second-order valence-corrected chi connectivity index (χ2v) is 4.66. The molecule has 0 fully saturated rings. The fourth-order valence-electron chi connectivity index (χ4n) is 0.984. The van der Waals surface area contributed by atoms with Gasteiger partial charge in [0.2, 0.25) is 0 Å². The molecule has 0 saturated carbocycles. The largest absolute Gasteiger partial charge is 0.481 e. The summed E-state index contributed by atoms with van der Waals surface area (Å²) in [5.41, 5.74) is 0.634. The molecule has 1 aromatic rings. The average molecular weight is 228 g/mol. The first kappa shape index (κ1) is 12.0. The summed E-state index contributed by atoms with van der Waals surface area (Å²) < 4.78 is 0. The Balaban J connectivity index is 2.85. The van der Waals surface area contributed by atoms with Crippen molar-refractivity contribution in [2.45, 2.75) is 32.7 Å². The maximum absolute atomic E-state index is 10.8. The van der Waals surface area contributed by atoms with Crippen LogP contribution in [0.3, 0.4) is 0 Å². The first-order valence-corrected chi connectivity index (χ1v) is 5.72. The molecule has 0 aromatic carbocycles. The van der Waals surface area contributed by atoms with Crippen LogP contribution in [-0.4, -0.2) is 29.1 Å². The van der Waals surface area contributed by atoms with Gasteiger partial charge in [0.1, 0.15) is 0 Å². The van der Waals surface area contributed by atoms with Crippen molar-refractivity contribution < 1.29 is 9.90 Å². The number of aromatic nitrogens is 1. The van der Waals surface area contributed by atoms with E-state index in [9.17, 15) is 4.79 Å². The van der Waals surface area contributed by atoms with Crippen LogP contribution < -0.4 is 4.90 Å². The number of aliphatic carboxylic acids is 1. The highest BCUT2D eigenvalue weighted by Crippen LogP contribution is 2.25.